The van der Waals surface area contributed by atoms with Gasteiger partial charge in [-0.05, 0) is 26.2 Å². The SMILES string of the molecule is CCOP(=O)(OCC)O[C@H](C#C[Si](C)(C)C)CC(C)C. The molecular formula is C14H29O4PSi. The summed E-state index contributed by atoms with van der Waals surface area (Å²) in [6.45, 7) is 14.8. The molecule has 0 aliphatic carbocycles. The van der Waals surface area contributed by atoms with E-state index in [2.05, 4.69) is 45.0 Å². The fourth-order valence-corrected chi connectivity index (χ4v) is 3.30. The number of hydrogen-bond acceptors (Lipinski definition) is 4. The molecule has 0 bridgehead atoms. The molecular weight excluding hydrogens is 291 g/mol. The Kier molecular flexibility index (Phi) is 8.97. The van der Waals surface area contributed by atoms with Crippen LogP contribution in [0.5, 0.6) is 0 Å². The molecule has 0 heterocycles. The van der Waals surface area contributed by atoms with Crippen LogP contribution >= 0.6 is 7.82 Å². The van der Waals surface area contributed by atoms with Crippen molar-refractivity contribution in [3.63, 3.8) is 0 Å². The summed E-state index contributed by atoms with van der Waals surface area (Å²) in [5.41, 5.74) is 3.27. The Balaban J connectivity index is 5.02. The Labute approximate surface area is 125 Å². The van der Waals surface area contributed by atoms with E-state index in [1.165, 1.54) is 0 Å². The normalized spacial score (nSPS) is 14.0. The fourth-order valence-electron chi connectivity index (χ4n) is 1.42. The quantitative estimate of drug-likeness (QED) is 0.376. The molecule has 0 aliphatic heterocycles. The van der Waals surface area contributed by atoms with E-state index in [1.807, 2.05) is 0 Å². The second-order valence-electron chi connectivity index (χ2n) is 6.03. The first-order valence-corrected chi connectivity index (χ1v) is 12.2. The van der Waals surface area contributed by atoms with Gasteiger partial charge in [-0.15, -0.1) is 5.54 Å². The zero-order valence-electron chi connectivity index (χ0n) is 13.9. The first-order valence-electron chi connectivity index (χ1n) is 7.22. The monoisotopic (exact) mass is 320 g/mol. The van der Waals surface area contributed by atoms with Crippen molar-refractivity contribution < 1.29 is 18.1 Å². The minimum Gasteiger partial charge on any atom is -0.287 e. The van der Waals surface area contributed by atoms with E-state index in [0.717, 1.165) is 0 Å². The highest BCUT2D eigenvalue weighted by Crippen LogP contribution is 2.50. The molecule has 0 aromatic carbocycles. The zero-order valence-corrected chi connectivity index (χ0v) is 15.8. The standard InChI is InChI=1S/C14H29O4PSi/c1-8-16-19(15,17-9-2)18-14(12-13(3)4)10-11-20(5,6)7/h13-14H,8-9,12H2,1-7H3/t14-/m1/s1. The van der Waals surface area contributed by atoms with E-state index in [9.17, 15) is 4.57 Å². The van der Waals surface area contributed by atoms with Crippen LogP contribution in [0.3, 0.4) is 0 Å². The third kappa shape index (κ3) is 9.74. The number of phosphoric acid groups is 1. The van der Waals surface area contributed by atoms with Gasteiger partial charge in [-0.1, -0.05) is 39.4 Å². The van der Waals surface area contributed by atoms with Gasteiger partial charge < -0.3 is 0 Å². The minimum absolute atomic E-state index is 0.285. The van der Waals surface area contributed by atoms with Crippen LogP contribution in [0.2, 0.25) is 19.6 Å². The van der Waals surface area contributed by atoms with Crippen molar-refractivity contribution in [1.29, 1.82) is 0 Å². The van der Waals surface area contributed by atoms with Gasteiger partial charge in [-0.2, -0.15) is 0 Å². The average molecular weight is 320 g/mol. The molecule has 0 unspecified atom stereocenters. The maximum atomic E-state index is 12.4. The van der Waals surface area contributed by atoms with Gasteiger partial charge in [-0.25, -0.2) is 4.57 Å². The van der Waals surface area contributed by atoms with Crippen LogP contribution in [0.25, 0.3) is 0 Å². The first kappa shape index (κ1) is 19.9. The van der Waals surface area contributed by atoms with Crippen LogP contribution in [0.4, 0.5) is 0 Å². The summed E-state index contributed by atoms with van der Waals surface area (Å²) >= 11 is 0. The van der Waals surface area contributed by atoms with Gasteiger partial charge in [0.2, 0.25) is 0 Å². The van der Waals surface area contributed by atoms with Crippen LogP contribution in [0.15, 0.2) is 0 Å². The van der Waals surface area contributed by atoms with Gasteiger partial charge in [0.25, 0.3) is 0 Å². The fraction of sp³-hybridized carbons (Fsp3) is 0.857. The summed E-state index contributed by atoms with van der Waals surface area (Å²) in [6, 6.07) is 0. The predicted molar refractivity (Wildman–Crippen MR) is 86.3 cm³/mol. The lowest BCUT2D eigenvalue weighted by molar-refractivity contribution is 0.0964. The van der Waals surface area contributed by atoms with E-state index in [0.29, 0.717) is 12.3 Å². The molecule has 6 heteroatoms. The molecule has 118 valence electrons. The highest BCUT2D eigenvalue weighted by Gasteiger charge is 2.29. The Bertz CT molecular complexity index is 369. The molecule has 0 spiro atoms. The molecule has 0 aromatic heterocycles. The van der Waals surface area contributed by atoms with E-state index >= 15 is 0 Å². The van der Waals surface area contributed by atoms with Gasteiger partial charge >= 0.3 is 7.82 Å². The topological polar surface area (TPSA) is 44.8 Å². The van der Waals surface area contributed by atoms with Gasteiger partial charge in [0.1, 0.15) is 14.2 Å². The van der Waals surface area contributed by atoms with Crippen LogP contribution in [0.1, 0.15) is 34.1 Å². The predicted octanol–water partition coefficient (Wildman–Crippen LogP) is 4.48. The molecule has 0 saturated heterocycles. The summed E-state index contributed by atoms with van der Waals surface area (Å²) < 4.78 is 28.3. The lowest BCUT2D eigenvalue weighted by Crippen LogP contribution is -2.20. The molecule has 0 radical (unpaired) electrons. The third-order valence-corrected chi connectivity index (χ3v) is 4.68. The van der Waals surface area contributed by atoms with Crippen molar-refractivity contribution in [2.24, 2.45) is 5.92 Å². The number of phosphoric ester groups is 1. The number of hydrogen-bond donors (Lipinski definition) is 0. The van der Waals surface area contributed by atoms with Gasteiger partial charge in [0, 0.05) is 0 Å². The molecule has 1 atom stereocenters. The van der Waals surface area contributed by atoms with Crippen molar-refractivity contribution in [3.8, 4) is 11.5 Å². The lowest BCUT2D eigenvalue weighted by atomic mass is 10.1. The Morgan fingerprint density at radius 2 is 1.60 bits per heavy atom. The Hall–Kier alpha value is -0.113. The third-order valence-electron chi connectivity index (χ3n) is 2.12. The van der Waals surface area contributed by atoms with Crippen LogP contribution in [-0.2, 0) is 18.1 Å². The molecule has 0 fully saturated rings. The molecule has 0 aliphatic rings. The lowest BCUT2D eigenvalue weighted by Gasteiger charge is -2.21. The van der Waals surface area contributed by atoms with Gasteiger partial charge in [0.05, 0.1) is 13.2 Å². The highest BCUT2D eigenvalue weighted by molar-refractivity contribution is 7.48. The first-order chi connectivity index (χ1) is 9.12. The maximum Gasteiger partial charge on any atom is 0.475 e. The van der Waals surface area contributed by atoms with E-state index in [-0.39, 0.29) is 13.2 Å². The highest BCUT2D eigenvalue weighted by atomic mass is 31.2. The summed E-state index contributed by atoms with van der Waals surface area (Å²) in [5, 5.41) is 0. The molecule has 0 amide bonds. The van der Waals surface area contributed by atoms with Crippen LogP contribution < -0.4 is 0 Å². The van der Waals surface area contributed by atoms with Gasteiger partial charge in [-0.3, -0.25) is 13.6 Å². The summed E-state index contributed by atoms with van der Waals surface area (Å²) in [7, 11) is -5.00. The van der Waals surface area contributed by atoms with E-state index in [1.54, 1.807) is 13.8 Å². The van der Waals surface area contributed by atoms with Crippen LogP contribution in [0, 0.1) is 17.4 Å². The maximum absolute atomic E-state index is 12.4. The summed E-state index contributed by atoms with van der Waals surface area (Å²) in [5.74, 6) is 3.52. The second-order valence-corrected chi connectivity index (χ2v) is 12.4. The van der Waals surface area contributed by atoms with Crippen molar-refractivity contribution in [3.05, 3.63) is 0 Å². The molecule has 20 heavy (non-hydrogen) atoms. The molecule has 0 saturated carbocycles. The summed E-state index contributed by atoms with van der Waals surface area (Å²) in [4.78, 5) is 0. The smallest absolute Gasteiger partial charge is 0.287 e. The molecule has 4 nitrogen and oxygen atoms in total. The summed E-state index contributed by atoms with van der Waals surface area (Å²) in [6.07, 6.45) is 0.299. The zero-order chi connectivity index (χ0) is 15.8. The van der Waals surface area contributed by atoms with Crippen molar-refractivity contribution in [1.82, 2.24) is 0 Å². The van der Waals surface area contributed by atoms with Crippen molar-refractivity contribution in [2.45, 2.75) is 59.9 Å². The Morgan fingerprint density at radius 3 is 1.95 bits per heavy atom. The van der Waals surface area contributed by atoms with Crippen LogP contribution in [-0.4, -0.2) is 27.4 Å². The van der Waals surface area contributed by atoms with Gasteiger partial charge in [0.15, 0.2) is 0 Å². The second kappa shape index (κ2) is 9.02. The molecule has 0 rings (SSSR count). The number of rotatable bonds is 8. The van der Waals surface area contributed by atoms with Crippen molar-refractivity contribution >= 4 is 15.9 Å². The Morgan fingerprint density at radius 1 is 1.10 bits per heavy atom. The average Bonchev–Trinajstić information content (AvgIpc) is 2.24. The van der Waals surface area contributed by atoms with Crippen molar-refractivity contribution in [2.75, 3.05) is 13.2 Å². The minimum atomic E-state index is -3.50. The molecule has 0 aromatic rings. The largest absolute Gasteiger partial charge is 0.475 e. The molecule has 0 N–H and O–H groups in total. The van der Waals surface area contributed by atoms with E-state index in [4.69, 9.17) is 13.6 Å². The van der Waals surface area contributed by atoms with E-state index < -0.39 is 22.0 Å².